The zero-order valence-corrected chi connectivity index (χ0v) is 16.2. The third-order valence-electron chi connectivity index (χ3n) is 4.81. The Kier molecular flexibility index (Phi) is 6.25. The van der Waals surface area contributed by atoms with Gasteiger partial charge >= 0.3 is 5.69 Å². The van der Waals surface area contributed by atoms with Crippen LogP contribution in [0, 0.1) is 21.8 Å². The second-order valence-corrected chi connectivity index (χ2v) is 7.32. The summed E-state index contributed by atoms with van der Waals surface area (Å²) in [5.41, 5.74) is 0.768. The summed E-state index contributed by atoms with van der Waals surface area (Å²) in [7, 11) is 0. The lowest BCUT2D eigenvalue weighted by Gasteiger charge is -2.36. The van der Waals surface area contributed by atoms with Gasteiger partial charge in [-0.05, 0) is 17.7 Å². The van der Waals surface area contributed by atoms with Crippen molar-refractivity contribution in [1.82, 2.24) is 19.6 Å². The average molecular weight is 410 g/mol. The number of nitro groups is 1. The number of piperazine rings is 1. The largest absolute Gasteiger partial charge is 0.340 e. The van der Waals surface area contributed by atoms with Gasteiger partial charge in [0, 0.05) is 37.7 Å². The number of aromatic nitrogens is 2. The van der Waals surface area contributed by atoms with Crippen LogP contribution in [0.2, 0.25) is 5.02 Å². The molecule has 150 valence electrons. The minimum absolute atomic E-state index is 0.00221. The number of nitrogens with zero attached hydrogens (tertiary/aromatic N) is 5. The number of hydrogen-bond donors (Lipinski definition) is 0. The predicted octanol–water partition coefficient (Wildman–Crippen LogP) is 2.56. The minimum atomic E-state index is -0.511. The molecule has 1 saturated heterocycles. The number of amides is 1. The Bertz CT molecular complexity index is 867. The van der Waals surface area contributed by atoms with E-state index in [0.717, 1.165) is 5.56 Å². The summed E-state index contributed by atoms with van der Waals surface area (Å²) >= 11 is 6.09. The van der Waals surface area contributed by atoms with Gasteiger partial charge in [-0.25, -0.2) is 4.39 Å². The van der Waals surface area contributed by atoms with Gasteiger partial charge in [-0.1, -0.05) is 24.6 Å². The first kappa shape index (κ1) is 20.2. The first-order valence-electron chi connectivity index (χ1n) is 8.95. The van der Waals surface area contributed by atoms with E-state index < -0.39 is 4.92 Å². The van der Waals surface area contributed by atoms with E-state index in [-0.39, 0.29) is 29.9 Å². The van der Waals surface area contributed by atoms with Crippen molar-refractivity contribution in [2.75, 3.05) is 26.2 Å². The van der Waals surface area contributed by atoms with Crippen LogP contribution in [-0.2, 0) is 17.9 Å². The van der Waals surface area contributed by atoms with Crippen LogP contribution >= 0.6 is 11.6 Å². The maximum Gasteiger partial charge on any atom is 0.306 e. The molecule has 10 heteroatoms. The van der Waals surface area contributed by atoms with Gasteiger partial charge in [-0.15, -0.1) is 0 Å². The molecular formula is C18H21ClFN5O3. The Morgan fingerprint density at radius 3 is 2.68 bits per heavy atom. The minimum Gasteiger partial charge on any atom is -0.340 e. The summed E-state index contributed by atoms with van der Waals surface area (Å²) in [6, 6.07) is 4.38. The number of benzene rings is 1. The monoisotopic (exact) mass is 409 g/mol. The molecule has 1 amide bonds. The van der Waals surface area contributed by atoms with Gasteiger partial charge in [0.15, 0.2) is 0 Å². The third-order valence-corrected chi connectivity index (χ3v) is 5.16. The van der Waals surface area contributed by atoms with Crippen LogP contribution in [0.4, 0.5) is 10.1 Å². The standard InChI is InChI=1S/C18H21ClFN5O3/c1-13(10-24-12-16(9-21-24)25(27)28)18(26)23-6-4-22(5-7-23)11-14-2-3-15(20)8-17(14)19/h2-3,8-9,12-13H,4-7,10-11H2,1H3. The molecule has 1 unspecified atom stereocenters. The van der Waals surface area contributed by atoms with Crippen LogP contribution in [0.1, 0.15) is 12.5 Å². The SMILES string of the molecule is CC(Cn1cc([N+](=O)[O-])cn1)C(=O)N1CCN(Cc2ccc(F)cc2Cl)CC1. The molecule has 0 N–H and O–H groups in total. The summed E-state index contributed by atoms with van der Waals surface area (Å²) in [5, 5.41) is 15.1. The van der Waals surface area contributed by atoms with Gasteiger partial charge in [0.1, 0.15) is 18.2 Å². The average Bonchev–Trinajstić information content (AvgIpc) is 3.13. The third kappa shape index (κ3) is 4.85. The highest BCUT2D eigenvalue weighted by molar-refractivity contribution is 6.31. The predicted molar refractivity (Wildman–Crippen MR) is 101 cm³/mol. The van der Waals surface area contributed by atoms with E-state index in [1.54, 1.807) is 17.9 Å². The van der Waals surface area contributed by atoms with Crippen LogP contribution in [0.15, 0.2) is 30.6 Å². The quantitative estimate of drug-likeness (QED) is 0.540. The van der Waals surface area contributed by atoms with Crippen molar-refractivity contribution in [2.24, 2.45) is 5.92 Å². The van der Waals surface area contributed by atoms with Crippen LogP contribution < -0.4 is 0 Å². The number of rotatable bonds is 6. The van der Waals surface area contributed by atoms with Gasteiger partial charge in [-0.2, -0.15) is 5.10 Å². The number of carbonyl (C=O) groups is 1. The van der Waals surface area contributed by atoms with E-state index in [1.165, 1.54) is 29.2 Å². The Balaban J connectivity index is 1.50. The molecule has 0 aliphatic carbocycles. The molecule has 28 heavy (non-hydrogen) atoms. The molecule has 1 aromatic heterocycles. The van der Waals surface area contributed by atoms with Gasteiger partial charge < -0.3 is 4.90 Å². The summed E-state index contributed by atoms with van der Waals surface area (Å²) in [5.74, 6) is -0.698. The van der Waals surface area contributed by atoms with Crippen molar-refractivity contribution in [3.05, 3.63) is 57.1 Å². The molecule has 1 aromatic carbocycles. The Hall–Kier alpha value is -2.52. The molecule has 1 fully saturated rings. The Morgan fingerprint density at radius 1 is 1.36 bits per heavy atom. The summed E-state index contributed by atoms with van der Waals surface area (Å²) < 4.78 is 14.6. The molecule has 1 atom stereocenters. The zero-order chi connectivity index (χ0) is 20.3. The topological polar surface area (TPSA) is 84.5 Å². The first-order chi connectivity index (χ1) is 13.3. The first-order valence-corrected chi connectivity index (χ1v) is 9.33. The number of hydrogen-bond acceptors (Lipinski definition) is 5. The van der Waals surface area contributed by atoms with Gasteiger partial charge in [0.2, 0.25) is 5.91 Å². The lowest BCUT2D eigenvalue weighted by Crippen LogP contribution is -2.50. The fourth-order valence-corrected chi connectivity index (χ4v) is 3.46. The van der Waals surface area contributed by atoms with E-state index in [1.807, 2.05) is 0 Å². The maximum absolute atomic E-state index is 13.2. The molecule has 3 rings (SSSR count). The van der Waals surface area contributed by atoms with E-state index in [9.17, 15) is 19.3 Å². The van der Waals surface area contributed by atoms with Gasteiger partial charge in [0.05, 0.1) is 17.4 Å². The normalized spacial score (nSPS) is 16.2. The summed E-state index contributed by atoms with van der Waals surface area (Å²) in [6.45, 7) is 5.24. The van der Waals surface area contributed by atoms with E-state index in [2.05, 4.69) is 10.00 Å². The highest BCUT2D eigenvalue weighted by Gasteiger charge is 2.26. The Morgan fingerprint density at radius 2 is 2.07 bits per heavy atom. The molecule has 8 nitrogen and oxygen atoms in total. The molecule has 0 spiro atoms. The van der Waals surface area contributed by atoms with Crippen molar-refractivity contribution in [1.29, 1.82) is 0 Å². The molecular weight excluding hydrogens is 389 g/mol. The van der Waals surface area contributed by atoms with Crippen molar-refractivity contribution < 1.29 is 14.1 Å². The highest BCUT2D eigenvalue weighted by atomic mass is 35.5. The van der Waals surface area contributed by atoms with Crippen LogP contribution in [0.5, 0.6) is 0 Å². The molecule has 0 saturated carbocycles. The fourth-order valence-electron chi connectivity index (χ4n) is 3.23. The van der Waals surface area contributed by atoms with Crippen molar-refractivity contribution in [3.8, 4) is 0 Å². The van der Waals surface area contributed by atoms with Crippen LogP contribution in [-0.4, -0.2) is 56.6 Å². The molecule has 0 bridgehead atoms. The summed E-state index contributed by atoms with van der Waals surface area (Å²) in [6.07, 6.45) is 2.50. The van der Waals surface area contributed by atoms with E-state index in [0.29, 0.717) is 37.7 Å². The lowest BCUT2D eigenvalue weighted by atomic mass is 10.1. The second kappa shape index (κ2) is 8.66. The zero-order valence-electron chi connectivity index (χ0n) is 15.4. The number of carbonyl (C=O) groups excluding carboxylic acids is 1. The lowest BCUT2D eigenvalue weighted by molar-refractivity contribution is -0.385. The van der Waals surface area contributed by atoms with Crippen molar-refractivity contribution in [3.63, 3.8) is 0 Å². The van der Waals surface area contributed by atoms with Crippen molar-refractivity contribution in [2.45, 2.75) is 20.0 Å². The fraction of sp³-hybridized carbons (Fsp3) is 0.444. The van der Waals surface area contributed by atoms with Crippen LogP contribution in [0.3, 0.4) is 0 Å². The van der Waals surface area contributed by atoms with E-state index in [4.69, 9.17) is 11.6 Å². The van der Waals surface area contributed by atoms with Gasteiger partial charge in [0.25, 0.3) is 0 Å². The molecule has 2 aromatic rings. The smallest absolute Gasteiger partial charge is 0.306 e. The Labute approximate surface area is 166 Å². The van der Waals surface area contributed by atoms with E-state index >= 15 is 0 Å². The second-order valence-electron chi connectivity index (χ2n) is 6.92. The highest BCUT2D eigenvalue weighted by Crippen LogP contribution is 2.20. The van der Waals surface area contributed by atoms with Crippen LogP contribution in [0.25, 0.3) is 0 Å². The molecule has 0 radical (unpaired) electrons. The molecule has 1 aliphatic heterocycles. The molecule has 1 aliphatic rings. The maximum atomic E-state index is 13.2. The molecule has 2 heterocycles. The van der Waals surface area contributed by atoms with Crippen molar-refractivity contribution >= 4 is 23.2 Å². The summed E-state index contributed by atoms with van der Waals surface area (Å²) in [4.78, 5) is 26.9. The van der Waals surface area contributed by atoms with Gasteiger partial charge in [-0.3, -0.25) is 24.5 Å². The number of halogens is 2.